The first kappa shape index (κ1) is 18.1. The van der Waals surface area contributed by atoms with Crippen molar-refractivity contribution in [1.82, 2.24) is 4.90 Å². The minimum Gasteiger partial charge on any atom is -0.448 e. The predicted octanol–water partition coefficient (Wildman–Crippen LogP) is 4.39. The van der Waals surface area contributed by atoms with Crippen LogP contribution in [-0.4, -0.2) is 36.7 Å². The Morgan fingerprint density at radius 3 is 2.00 bits per heavy atom. The molecule has 0 bridgehead atoms. The third-order valence-electron chi connectivity index (χ3n) is 4.91. The van der Waals surface area contributed by atoms with Crippen molar-refractivity contribution in [3.05, 3.63) is 59.7 Å². The first-order valence-corrected chi connectivity index (χ1v) is 8.69. The Hall–Kier alpha value is -2.69. The van der Waals surface area contributed by atoms with E-state index in [1.165, 1.54) is 7.05 Å². The van der Waals surface area contributed by atoms with E-state index in [1.54, 1.807) is 13.8 Å². The highest BCUT2D eigenvalue weighted by molar-refractivity contribution is 5.81. The molecule has 0 N–H and O–H groups in total. The number of carbonyl (C=O) groups excluding carboxylic acids is 2. The van der Waals surface area contributed by atoms with Gasteiger partial charge >= 0.3 is 12.1 Å². The molecule has 26 heavy (non-hydrogen) atoms. The van der Waals surface area contributed by atoms with Crippen LogP contribution < -0.4 is 0 Å². The van der Waals surface area contributed by atoms with E-state index >= 15 is 0 Å². The summed E-state index contributed by atoms with van der Waals surface area (Å²) in [5, 5.41) is 0. The molecule has 0 heterocycles. The molecule has 2 aromatic carbocycles. The van der Waals surface area contributed by atoms with E-state index in [0.717, 1.165) is 27.2 Å². The van der Waals surface area contributed by atoms with Crippen LogP contribution in [-0.2, 0) is 9.53 Å². The standard InChI is InChI=1S/C21H22FNO3/c1-13(2)19(20(22)24)23(3)21(25)26-12-18-16-10-6-4-8-14(16)15-9-5-7-11-17(15)18/h4-11,13,18-19H,12H2,1-3H3/t19-/m0/s1. The maximum Gasteiger partial charge on any atom is 0.410 e. The number of likely N-dealkylation sites (N-methyl/N-ethyl adjacent to an activating group) is 1. The largest absolute Gasteiger partial charge is 0.448 e. The van der Waals surface area contributed by atoms with Gasteiger partial charge in [0.25, 0.3) is 0 Å². The second-order valence-corrected chi connectivity index (χ2v) is 6.91. The summed E-state index contributed by atoms with van der Waals surface area (Å²) in [5.41, 5.74) is 4.48. The lowest BCUT2D eigenvalue weighted by atomic mass is 9.98. The molecule has 4 nitrogen and oxygen atoms in total. The number of hydrogen-bond donors (Lipinski definition) is 0. The molecule has 136 valence electrons. The molecule has 1 aliphatic carbocycles. The lowest BCUT2D eigenvalue weighted by molar-refractivity contribution is -0.135. The number of amides is 1. The van der Waals surface area contributed by atoms with E-state index in [4.69, 9.17) is 4.74 Å². The molecule has 1 amide bonds. The molecule has 0 unspecified atom stereocenters. The molecule has 0 aliphatic heterocycles. The van der Waals surface area contributed by atoms with Crippen LogP contribution in [0.4, 0.5) is 9.18 Å². The zero-order chi connectivity index (χ0) is 18.8. The SMILES string of the molecule is CC(C)[C@@H](C(=O)F)N(C)C(=O)OCC1c2ccccc2-c2ccccc21. The summed E-state index contributed by atoms with van der Waals surface area (Å²) < 4.78 is 18.7. The van der Waals surface area contributed by atoms with Gasteiger partial charge in [-0.25, -0.2) is 4.79 Å². The summed E-state index contributed by atoms with van der Waals surface area (Å²) in [6.07, 6.45) is -0.698. The molecule has 1 aliphatic rings. The van der Waals surface area contributed by atoms with Gasteiger partial charge in [0.15, 0.2) is 0 Å². The van der Waals surface area contributed by atoms with Gasteiger partial charge < -0.3 is 4.74 Å². The molecule has 1 atom stereocenters. The zero-order valence-electron chi connectivity index (χ0n) is 15.1. The Balaban J connectivity index is 1.78. The van der Waals surface area contributed by atoms with Crippen molar-refractivity contribution >= 4 is 12.1 Å². The van der Waals surface area contributed by atoms with Gasteiger partial charge in [-0.05, 0) is 28.2 Å². The van der Waals surface area contributed by atoms with E-state index in [2.05, 4.69) is 12.1 Å². The first-order valence-electron chi connectivity index (χ1n) is 8.69. The Morgan fingerprint density at radius 2 is 1.54 bits per heavy atom. The average Bonchev–Trinajstić information content (AvgIpc) is 2.93. The van der Waals surface area contributed by atoms with Gasteiger partial charge in [0.2, 0.25) is 0 Å². The summed E-state index contributed by atoms with van der Waals surface area (Å²) in [6.45, 7) is 3.52. The number of halogens is 1. The van der Waals surface area contributed by atoms with Crippen LogP contribution in [0.3, 0.4) is 0 Å². The number of carbonyl (C=O) groups is 2. The minimum atomic E-state index is -1.53. The molecule has 2 aromatic rings. The third-order valence-corrected chi connectivity index (χ3v) is 4.91. The van der Waals surface area contributed by atoms with E-state index in [0.29, 0.717) is 0 Å². The van der Waals surface area contributed by atoms with Crippen molar-refractivity contribution in [3.63, 3.8) is 0 Å². The highest BCUT2D eigenvalue weighted by Crippen LogP contribution is 2.44. The summed E-state index contributed by atoms with van der Waals surface area (Å²) in [7, 11) is 1.39. The molecule has 0 radical (unpaired) electrons. The number of hydrogen-bond acceptors (Lipinski definition) is 3. The normalized spacial score (nSPS) is 13.9. The second kappa shape index (κ2) is 7.28. The fraction of sp³-hybridized carbons (Fsp3) is 0.333. The van der Waals surface area contributed by atoms with Crippen LogP contribution in [0.5, 0.6) is 0 Å². The van der Waals surface area contributed by atoms with Gasteiger partial charge in [0, 0.05) is 13.0 Å². The molecular formula is C21H22FNO3. The number of fused-ring (bicyclic) bond motifs is 3. The fourth-order valence-corrected chi connectivity index (χ4v) is 3.67. The zero-order valence-corrected chi connectivity index (χ0v) is 15.1. The summed E-state index contributed by atoms with van der Waals surface area (Å²) in [5.74, 6) is -0.406. The highest BCUT2D eigenvalue weighted by atomic mass is 19.1. The fourth-order valence-electron chi connectivity index (χ4n) is 3.67. The summed E-state index contributed by atoms with van der Waals surface area (Å²) in [6, 6.07) is 13.4. The van der Waals surface area contributed by atoms with Crippen molar-refractivity contribution in [2.45, 2.75) is 25.8 Å². The van der Waals surface area contributed by atoms with Crippen LogP contribution in [0.2, 0.25) is 0 Å². The van der Waals surface area contributed by atoms with Crippen LogP contribution in [0.15, 0.2) is 48.5 Å². The van der Waals surface area contributed by atoms with Gasteiger partial charge in [0.1, 0.15) is 12.6 Å². The van der Waals surface area contributed by atoms with Crippen LogP contribution in [0, 0.1) is 5.92 Å². The third kappa shape index (κ3) is 3.21. The van der Waals surface area contributed by atoms with Crippen molar-refractivity contribution < 1.29 is 18.7 Å². The van der Waals surface area contributed by atoms with E-state index in [9.17, 15) is 14.0 Å². The van der Waals surface area contributed by atoms with E-state index in [1.807, 2.05) is 36.4 Å². The van der Waals surface area contributed by atoms with Crippen LogP contribution in [0.25, 0.3) is 11.1 Å². The van der Waals surface area contributed by atoms with Gasteiger partial charge in [-0.3, -0.25) is 9.69 Å². The van der Waals surface area contributed by atoms with Gasteiger partial charge in [-0.15, -0.1) is 0 Å². The number of rotatable bonds is 5. The number of benzene rings is 2. The maximum absolute atomic E-state index is 13.3. The lowest BCUT2D eigenvalue weighted by Crippen LogP contribution is -2.44. The van der Waals surface area contributed by atoms with Crippen LogP contribution in [0.1, 0.15) is 30.9 Å². The Labute approximate surface area is 152 Å². The number of ether oxygens (including phenoxy) is 1. The van der Waals surface area contributed by atoms with Gasteiger partial charge in [-0.2, -0.15) is 4.39 Å². The van der Waals surface area contributed by atoms with Gasteiger partial charge in [-0.1, -0.05) is 62.4 Å². The van der Waals surface area contributed by atoms with E-state index in [-0.39, 0.29) is 18.4 Å². The van der Waals surface area contributed by atoms with Crippen molar-refractivity contribution in [1.29, 1.82) is 0 Å². The average molecular weight is 355 g/mol. The maximum atomic E-state index is 13.3. The van der Waals surface area contributed by atoms with Gasteiger partial charge in [0.05, 0.1) is 0 Å². The monoisotopic (exact) mass is 355 g/mol. The van der Waals surface area contributed by atoms with Crippen molar-refractivity contribution in [2.24, 2.45) is 5.92 Å². The highest BCUT2D eigenvalue weighted by Gasteiger charge is 2.33. The van der Waals surface area contributed by atoms with E-state index < -0.39 is 18.2 Å². The van der Waals surface area contributed by atoms with Crippen molar-refractivity contribution in [3.8, 4) is 11.1 Å². The summed E-state index contributed by atoms with van der Waals surface area (Å²) >= 11 is 0. The molecule has 0 saturated carbocycles. The summed E-state index contributed by atoms with van der Waals surface area (Å²) in [4.78, 5) is 24.6. The lowest BCUT2D eigenvalue weighted by Gasteiger charge is -2.27. The topological polar surface area (TPSA) is 46.6 Å². The number of nitrogens with zero attached hydrogens (tertiary/aromatic N) is 1. The predicted molar refractivity (Wildman–Crippen MR) is 97.6 cm³/mol. The first-order chi connectivity index (χ1) is 12.4. The molecule has 0 aromatic heterocycles. The smallest absolute Gasteiger partial charge is 0.410 e. The molecule has 5 heteroatoms. The Bertz CT molecular complexity index is 788. The Morgan fingerprint density at radius 1 is 1.04 bits per heavy atom. The Kier molecular flexibility index (Phi) is 5.07. The quantitative estimate of drug-likeness (QED) is 0.748. The second-order valence-electron chi connectivity index (χ2n) is 6.91. The molecule has 0 spiro atoms. The molecule has 0 fully saturated rings. The molecule has 0 saturated heterocycles. The minimum absolute atomic E-state index is 0.0710. The molecular weight excluding hydrogens is 333 g/mol. The molecule has 3 rings (SSSR count). The van der Waals surface area contributed by atoms with Crippen molar-refractivity contribution in [2.75, 3.05) is 13.7 Å². The van der Waals surface area contributed by atoms with Crippen LogP contribution >= 0.6 is 0 Å².